The lowest BCUT2D eigenvalue weighted by Crippen LogP contribution is -1.98. The summed E-state index contributed by atoms with van der Waals surface area (Å²) in [6.45, 7) is 0.421. The van der Waals surface area contributed by atoms with Crippen molar-refractivity contribution in [3.8, 4) is 0 Å². The molecule has 0 saturated carbocycles. The van der Waals surface area contributed by atoms with Crippen molar-refractivity contribution >= 4 is 15.7 Å². The molecule has 3 heteroatoms. The van der Waals surface area contributed by atoms with Gasteiger partial charge in [0.25, 0.3) is 0 Å². The zero-order chi connectivity index (χ0) is 4.12. The molecule has 1 atom stereocenters. The number of hydrogen-bond donors (Lipinski definition) is 1. The van der Waals surface area contributed by atoms with E-state index in [4.69, 9.17) is 0 Å². The second-order valence-corrected chi connectivity index (χ2v) is 0.983. The van der Waals surface area contributed by atoms with Crippen molar-refractivity contribution in [3.63, 3.8) is 0 Å². The molecule has 0 amide bonds. The van der Waals surface area contributed by atoms with Gasteiger partial charge in [0, 0.05) is 0 Å². The number of aldehydes is 1. The lowest BCUT2D eigenvalue weighted by Gasteiger charge is -1.75. The Kier molecular flexibility index (Phi) is 4.11. The van der Waals surface area contributed by atoms with E-state index in [2.05, 4.69) is 14.5 Å². The van der Waals surface area contributed by atoms with Gasteiger partial charge in [-0.3, -0.25) is 5.09 Å². The highest BCUT2D eigenvalue weighted by Crippen LogP contribution is 1.58. The van der Waals surface area contributed by atoms with Crippen LogP contribution in [0.4, 0.5) is 0 Å². The van der Waals surface area contributed by atoms with Gasteiger partial charge in [0.05, 0.1) is 6.54 Å². The predicted octanol–water partition coefficient (Wildman–Crippen LogP) is -0.435. The summed E-state index contributed by atoms with van der Waals surface area (Å²) in [6.07, 6.45) is 0.799. The highest BCUT2D eigenvalue weighted by molar-refractivity contribution is 7.13. The number of rotatable bonds is 2. The molecule has 0 aliphatic carbocycles. The molecular formula is C2H6NOP. The van der Waals surface area contributed by atoms with Gasteiger partial charge in [-0.1, -0.05) is 9.39 Å². The fourth-order valence-corrected chi connectivity index (χ4v) is 0.144. The molecule has 0 aromatic rings. The summed E-state index contributed by atoms with van der Waals surface area (Å²) in [5.74, 6) is 0. The molecule has 5 heavy (non-hydrogen) atoms. The second kappa shape index (κ2) is 4.06. The number of carbonyl (C=O) groups excluding carboxylic acids is 1. The van der Waals surface area contributed by atoms with E-state index in [1.165, 1.54) is 0 Å². The van der Waals surface area contributed by atoms with Gasteiger partial charge in [-0.25, -0.2) is 0 Å². The molecule has 0 heterocycles. The lowest BCUT2D eigenvalue weighted by molar-refractivity contribution is -0.106. The molecule has 0 bridgehead atoms. The van der Waals surface area contributed by atoms with Crippen molar-refractivity contribution in [3.05, 3.63) is 0 Å². The van der Waals surface area contributed by atoms with Gasteiger partial charge >= 0.3 is 0 Å². The smallest absolute Gasteiger partial charge is 0.134 e. The van der Waals surface area contributed by atoms with Crippen LogP contribution < -0.4 is 5.09 Å². The molecule has 0 saturated heterocycles. The summed E-state index contributed by atoms with van der Waals surface area (Å²) in [6, 6.07) is 0. The van der Waals surface area contributed by atoms with Crippen molar-refractivity contribution in [2.24, 2.45) is 0 Å². The third-order valence-corrected chi connectivity index (χ3v) is 0.437. The van der Waals surface area contributed by atoms with Crippen LogP contribution in [0.1, 0.15) is 0 Å². The Hall–Kier alpha value is 0.0600. The zero-order valence-corrected chi connectivity index (χ0v) is 3.92. The predicted molar refractivity (Wildman–Crippen MR) is 23.8 cm³/mol. The quantitative estimate of drug-likeness (QED) is 0.369. The first-order valence-corrected chi connectivity index (χ1v) is 1.86. The van der Waals surface area contributed by atoms with Crippen molar-refractivity contribution in [2.45, 2.75) is 0 Å². The van der Waals surface area contributed by atoms with E-state index in [-0.39, 0.29) is 0 Å². The van der Waals surface area contributed by atoms with E-state index >= 15 is 0 Å². The minimum atomic E-state index is 0.421. The fraction of sp³-hybridized carbons (Fsp3) is 0.500. The van der Waals surface area contributed by atoms with Crippen LogP contribution >= 0.6 is 9.39 Å². The Morgan fingerprint density at radius 3 is 2.60 bits per heavy atom. The summed E-state index contributed by atoms with van der Waals surface area (Å²) in [4.78, 5) is 9.33. The maximum atomic E-state index is 9.33. The second-order valence-electron chi connectivity index (χ2n) is 0.575. The van der Waals surface area contributed by atoms with Gasteiger partial charge in [-0.15, -0.1) is 0 Å². The van der Waals surface area contributed by atoms with E-state index in [9.17, 15) is 4.79 Å². The van der Waals surface area contributed by atoms with E-state index < -0.39 is 0 Å². The lowest BCUT2D eigenvalue weighted by atomic mass is 10.8. The highest BCUT2D eigenvalue weighted by atomic mass is 31.0. The van der Waals surface area contributed by atoms with Crippen LogP contribution in [0.2, 0.25) is 0 Å². The van der Waals surface area contributed by atoms with E-state index in [0.29, 0.717) is 6.54 Å². The minimum Gasteiger partial charge on any atom is -0.302 e. The molecule has 0 aliphatic heterocycles. The number of hydrogen-bond acceptors (Lipinski definition) is 2. The van der Waals surface area contributed by atoms with Crippen LogP contribution in [0, 0.1) is 0 Å². The molecule has 0 aromatic heterocycles. The van der Waals surface area contributed by atoms with Crippen LogP contribution in [0.5, 0.6) is 0 Å². The molecule has 0 aromatic carbocycles. The van der Waals surface area contributed by atoms with Crippen LogP contribution in [0.25, 0.3) is 0 Å². The maximum Gasteiger partial charge on any atom is 0.134 e. The van der Waals surface area contributed by atoms with Gasteiger partial charge in [0.15, 0.2) is 0 Å². The largest absolute Gasteiger partial charge is 0.302 e. The van der Waals surface area contributed by atoms with Crippen LogP contribution in [-0.4, -0.2) is 12.8 Å². The van der Waals surface area contributed by atoms with Crippen LogP contribution in [-0.2, 0) is 4.79 Å². The average molecular weight is 91.0 g/mol. The molecule has 0 rings (SSSR count). The first-order chi connectivity index (χ1) is 2.41. The number of carbonyl (C=O) groups is 1. The Bertz CT molecular complexity index is 30.8. The molecule has 0 aliphatic rings. The van der Waals surface area contributed by atoms with Crippen LogP contribution in [0.15, 0.2) is 0 Å². The minimum absolute atomic E-state index is 0.421. The fourth-order valence-electron chi connectivity index (χ4n) is 0.0481. The van der Waals surface area contributed by atoms with Gasteiger partial charge < -0.3 is 4.79 Å². The summed E-state index contributed by atoms with van der Waals surface area (Å²) >= 11 is 0. The topological polar surface area (TPSA) is 29.1 Å². The summed E-state index contributed by atoms with van der Waals surface area (Å²) < 4.78 is 0. The molecule has 1 unspecified atom stereocenters. The van der Waals surface area contributed by atoms with Crippen molar-refractivity contribution in [1.29, 1.82) is 0 Å². The molecular weight excluding hydrogens is 85.0 g/mol. The third-order valence-electron chi connectivity index (χ3n) is 0.201. The van der Waals surface area contributed by atoms with Gasteiger partial charge in [-0.2, -0.15) is 0 Å². The Balaban J connectivity index is 2.40. The molecule has 1 N–H and O–H groups in total. The third kappa shape index (κ3) is 4.06. The summed E-state index contributed by atoms with van der Waals surface area (Å²) in [7, 11) is 2.22. The molecule has 0 spiro atoms. The average Bonchev–Trinajstić information content (AvgIpc) is 1.41. The summed E-state index contributed by atoms with van der Waals surface area (Å²) in [5, 5.41) is 2.57. The molecule has 2 nitrogen and oxygen atoms in total. The van der Waals surface area contributed by atoms with E-state index in [1.54, 1.807) is 0 Å². The zero-order valence-electron chi connectivity index (χ0n) is 2.77. The van der Waals surface area contributed by atoms with Crippen LogP contribution in [0.3, 0.4) is 0 Å². The first-order valence-electron chi connectivity index (χ1n) is 1.29. The Morgan fingerprint density at radius 1 is 2.00 bits per heavy atom. The van der Waals surface area contributed by atoms with E-state index in [1.807, 2.05) is 0 Å². The Morgan fingerprint density at radius 2 is 2.60 bits per heavy atom. The first kappa shape index (κ1) is 5.06. The van der Waals surface area contributed by atoms with Gasteiger partial charge in [0.2, 0.25) is 0 Å². The van der Waals surface area contributed by atoms with Gasteiger partial charge in [-0.05, 0) is 0 Å². The molecule has 30 valence electrons. The van der Waals surface area contributed by atoms with Crippen molar-refractivity contribution in [1.82, 2.24) is 5.09 Å². The highest BCUT2D eigenvalue weighted by Gasteiger charge is 1.62. The maximum absolute atomic E-state index is 9.33. The molecule has 0 radical (unpaired) electrons. The standard InChI is InChI=1S/C2H6NOP/c4-2-1-3-5/h2-3H,1,5H2. The monoisotopic (exact) mass is 91.0 g/mol. The molecule has 0 fully saturated rings. The van der Waals surface area contributed by atoms with Crippen molar-refractivity contribution in [2.75, 3.05) is 6.54 Å². The SMILES string of the molecule is O=CCNP. The summed E-state index contributed by atoms with van der Waals surface area (Å²) in [5.41, 5.74) is 0. The number of nitrogens with one attached hydrogen (secondary N) is 1. The van der Waals surface area contributed by atoms with Gasteiger partial charge in [0.1, 0.15) is 6.29 Å². The normalized spacial score (nSPS) is 7.40. The van der Waals surface area contributed by atoms with E-state index in [0.717, 1.165) is 6.29 Å². The van der Waals surface area contributed by atoms with Crippen molar-refractivity contribution < 1.29 is 4.79 Å². The Labute approximate surface area is 33.2 Å².